The monoisotopic (exact) mass is 298 g/mol. The Morgan fingerprint density at radius 3 is 2.73 bits per heavy atom. The molecule has 22 heavy (non-hydrogen) atoms. The fourth-order valence-electron chi connectivity index (χ4n) is 4.40. The van der Waals surface area contributed by atoms with Gasteiger partial charge in [-0.2, -0.15) is 0 Å². The summed E-state index contributed by atoms with van der Waals surface area (Å²) < 4.78 is 12.1. The third kappa shape index (κ3) is 2.58. The van der Waals surface area contributed by atoms with Crippen LogP contribution in [0.1, 0.15) is 68.4 Å². The van der Waals surface area contributed by atoms with E-state index in [0.717, 1.165) is 37.5 Å². The summed E-state index contributed by atoms with van der Waals surface area (Å²) >= 11 is 0. The van der Waals surface area contributed by atoms with Crippen molar-refractivity contribution in [1.82, 2.24) is 0 Å². The first-order valence-corrected chi connectivity index (χ1v) is 8.85. The van der Waals surface area contributed by atoms with E-state index in [9.17, 15) is 0 Å². The zero-order chi connectivity index (χ0) is 15.0. The van der Waals surface area contributed by atoms with E-state index in [1.54, 1.807) is 0 Å². The Balaban J connectivity index is 1.61. The summed E-state index contributed by atoms with van der Waals surface area (Å²) in [6, 6.07) is 6.81. The summed E-state index contributed by atoms with van der Waals surface area (Å²) in [5, 5.41) is 0. The zero-order valence-electron chi connectivity index (χ0n) is 13.4. The van der Waals surface area contributed by atoms with E-state index in [1.807, 2.05) is 0 Å². The quantitative estimate of drug-likeness (QED) is 0.720. The van der Waals surface area contributed by atoms with Gasteiger partial charge in [0, 0.05) is 18.6 Å². The van der Waals surface area contributed by atoms with E-state index in [1.165, 1.54) is 48.8 Å². The van der Waals surface area contributed by atoms with Gasteiger partial charge in [0.2, 0.25) is 0 Å². The molecule has 1 aliphatic carbocycles. The van der Waals surface area contributed by atoms with Crippen LogP contribution < -0.4 is 4.74 Å². The highest BCUT2D eigenvalue weighted by Gasteiger charge is 2.40. The van der Waals surface area contributed by atoms with Crippen molar-refractivity contribution in [2.45, 2.75) is 62.9 Å². The molecule has 1 saturated heterocycles. The fourth-order valence-corrected chi connectivity index (χ4v) is 4.40. The first kappa shape index (κ1) is 14.3. The molecule has 0 N–H and O–H groups in total. The summed E-state index contributed by atoms with van der Waals surface area (Å²) in [7, 11) is 0. The molecule has 0 bridgehead atoms. The van der Waals surface area contributed by atoms with Crippen LogP contribution in [0.15, 0.2) is 24.8 Å². The Bertz CT molecular complexity index is 563. The van der Waals surface area contributed by atoms with Crippen LogP contribution in [0, 0.1) is 0 Å². The highest BCUT2D eigenvalue weighted by Crippen LogP contribution is 2.44. The molecule has 2 heterocycles. The van der Waals surface area contributed by atoms with Crippen molar-refractivity contribution >= 4 is 5.57 Å². The molecule has 1 aromatic carbocycles. The molecule has 4 rings (SSSR count). The van der Waals surface area contributed by atoms with Crippen molar-refractivity contribution in [3.05, 3.63) is 35.9 Å². The lowest BCUT2D eigenvalue weighted by Crippen LogP contribution is -2.46. The van der Waals surface area contributed by atoms with Gasteiger partial charge in [0.1, 0.15) is 11.4 Å². The van der Waals surface area contributed by atoms with Crippen LogP contribution in [0.2, 0.25) is 0 Å². The van der Waals surface area contributed by atoms with Crippen molar-refractivity contribution in [2.24, 2.45) is 0 Å². The van der Waals surface area contributed by atoms with Crippen molar-refractivity contribution in [2.75, 3.05) is 13.2 Å². The Morgan fingerprint density at radius 1 is 1.09 bits per heavy atom. The van der Waals surface area contributed by atoms with Crippen LogP contribution in [0.25, 0.3) is 5.57 Å². The fraction of sp³-hybridized carbons (Fsp3) is 0.600. The highest BCUT2D eigenvalue weighted by molar-refractivity contribution is 5.72. The Morgan fingerprint density at radius 2 is 1.95 bits per heavy atom. The highest BCUT2D eigenvalue weighted by atomic mass is 16.5. The molecule has 3 aliphatic rings. The smallest absolute Gasteiger partial charge is 0.136 e. The van der Waals surface area contributed by atoms with E-state index in [0.29, 0.717) is 6.61 Å². The van der Waals surface area contributed by atoms with Crippen LogP contribution in [0.5, 0.6) is 5.75 Å². The average molecular weight is 298 g/mol. The van der Waals surface area contributed by atoms with Gasteiger partial charge in [0.05, 0.1) is 6.61 Å². The van der Waals surface area contributed by atoms with Gasteiger partial charge in [-0.05, 0) is 54.9 Å². The maximum atomic E-state index is 6.39. The summed E-state index contributed by atoms with van der Waals surface area (Å²) in [6.45, 7) is 5.93. The molecular formula is C20H26O2. The Hall–Kier alpha value is -1.28. The van der Waals surface area contributed by atoms with E-state index < -0.39 is 0 Å². The van der Waals surface area contributed by atoms with Gasteiger partial charge >= 0.3 is 0 Å². The molecule has 0 radical (unpaired) electrons. The number of hydrogen-bond donors (Lipinski definition) is 0. The van der Waals surface area contributed by atoms with Crippen LogP contribution in [-0.4, -0.2) is 18.8 Å². The number of rotatable bonds is 1. The van der Waals surface area contributed by atoms with Crippen molar-refractivity contribution in [3.8, 4) is 5.75 Å². The van der Waals surface area contributed by atoms with Crippen LogP contribution >= 0.6 is 0 Å². The molecule has 2 heteroatoms. The molecule has 118 valence electrons. The molecule has 1 aromatic rings. The molecule has 1 unspecified atom stereocenters. The van der Waals surface area contributed by atoms with Gasteiger partial charge < -0.3 is 9.47 Å². The summed E-state index contributed by atoms with van der Waals surface area (Å²) in [5.41, 5.74) is 3.79. The minimum absolute atomic E-state index is 0.158. The number of hydrogen-bond acceptors (Lipinski definition) is 2. The second-order valence-electron chi connectivity index (χ2n) is 7.31. The van der Waals surface area contributed by atoms with Crippen LogP contribution in [-0.2, 0) is 4.74 Å². The topological polar surface area (TPSA) is 18.5 Å². The molecule has 1 atom stereocenters. The second kappa shape index (κ2) is 5.73. The SMILES string of the molecule is C=C1CC2(CCCOC2)Oc2ccc(C3CCCCC3)cc21. The summed E-state index contributed by atoms with van der Waals surface area (Å²) in [4.78, 5) is 0. The normalized spacial score (nSPS) is 29.2. The molecule has 1 spiro atoms. The Kier molecular flexibility index (Phi) is 3.73. The molecule has 2 fully saturated rings. The lowest BCUT2D eigenvalue weighted by Gasteiger charge is -2.42. The molecule has 0 aromatic heterocycles. The maximum Gasteiger partial charge on any atom is 0.136 e. The minimum atomic E-state index is -0.158. The lowest BCUT2D eigenvalue weighted by molar-refractivity contribution is -0.0678. The average Bonchev–Trinajstić information content (AvgIpc) is 2.56. The largest absolute Gasteiger partial charge is 0.484 e. The third-order valence-corrected chi connectivity index (χ3v) is 5.61. The molecular weight excluding hydrogens is 272 g/mol. The van der Waals surface area contributed by atoms with Gasteiger partial charge in [-0.25, -0.2) is 0 Å². The van der Waals surface area contributed by atoms with Gasteiger partial charge in [-0.3, -0.25) is 0 Å². The molecule has 2 aliphatic heterocycles. The second-order valence-corrected chi connectivity index (χ2v) is 7.31. The van der Waals surface area contributed by atoms with E-state index in [-0.39, 0.29) is 5.60 Å². The summed E-state index contributed by atoms with van der Waals surface area (Å²) in [5.74, 6) is 1.75. The van der Waals surface area contributed by atoms with Crippen LogP contribution in [0.3, 0.4) is 0 Å². The van der Waals surface area contributed by atoms with Gasteiger partial charge in [0.25, 0.3) is 0 Å². The van der Waals surface area contributed by atoms with Crippen LogP contribution in [0.4, 0.5) is 0 Å². The van der Waals surface area contributed by atoms with Gasteiger partial charge in [-0.15, -0.1) is 0 Å². The molecule has 1 saturated carbocycles. The predicted molar refractivity (Wildman–Crippen MR) is 89.3 cm³/mol. The number of ether oxygens (including phenoxy) is 2. The summed E-state index contributed by atoms with van der Waals surface area (Å²) in [6.07, 6.45) is 9.90. The predicted octanol–water partition coefficient (Wildman–Crippen LogP) is 5.08. The standard InChI is InChI=1S/C20H26O2/c1-15-13-20(10-5-11-21-14-20)22-19-9-8-17(12-18(15)19)16-6-3-2-4-7-16/h8-9,12,16H,1-7,10-11,13-14H2. The first-order valence-electron chi connectivity index (χ1n) is 8.85. The van der Waals surface area contributed by atoms with Crippen molar-refractivity contribution in [1.29, 1.82) is 0 Å². The number of fused-ring (bicyclic) bond motifs is 1. The van der Waals surface area contributed by atoms with Crippen molar-refractivity contribution < 1.29 is 9.47 Å². The minimum Gasteiger partial charge on any atom is -0.484 e. The van der Waals surface area contributed by atoms with Crippen molar-refractivity contribution in [3.63, 3.8) is 0 Å². The first-order chi connectivity index (χ1) is 10.8. The van der Waals surface area contributed by atoms with Gasteiger partial charge in [0.15, 0.2) is 0 Å². The third-order valence-electron chi connectivity index (χ3n) is 5.61. The molecule has 0 amide bonds. The van der Waals surface area contributed by atoms with E-state index >= 15 is 0 Å². The lowest BCUT2D eigenvalue weighted by atomic mass is 9.80. The number of benzene rings is 1. The van der Waals surface area contributed by atoms with Gasteiger partial charge in [-0.1, -0.05) is 31.9 Å². The molecule has 2 nitrogen and oxygen atoms in total. The maximum absolute atomic E-state index is 6.39. The van der Waals surface area contributed by atoms with E-state index in [2.05, 4.69) is 24.8 Å². The zero-order valence-corrected chi connectivity index (χ0v) is 13.4. The van der Waals surface area contributed by atoms with E-state index in [4.69, 9.17) is 9.47 Å². The Labute approximate surface area is 133 Å².